The number of carbonyl (C=O) groups excluding carboxylic acids is 1. The summed E-state index contributed by atoms with van der Waals surface area (Å²) in [4.78, 5) is 28.5. The van der Waals surface area contributed by atoms with Crippen molar-refractivity contribution in [2.45, 2.75) is 32.2 Å². The highest BCUT2D eigenvalue weighted by Crippen LogP contribution is 2.18. The summed E-state index contributed by atoms with van der Waals surface area (Å²) in [5, 5.41) is 13.8. The number of carboxylic acid groups (broad SMARTS) is 1. The van der Waals surface area contributed by atoms with Crippen LogP contribution in [0.25, 0.3) is 0 Å². The Bertz CT molecular complexity index is 469. The molecule has 1 aliphatic rings. The maximum atomic E-state index is 12.0. The van der Waals surface area contributed by atoms with Crippen LogP contribution in [0.3, 0.4) is 0 Å². The number of nitrogens with one attached hydrogen (secondary N) is 1. The lowest BCUT2D eigenvalue weighted by Gasteiger charge is -2.28. The third-order valence-electron chi connectivity index (χ3n) is 3.09. The lowest BCUT2D eigenvalue weighted by molar-refractivity contribution is 0.0691. The molecule has 6 nitrogen and oxygen atoms in total. The number of aromatic carboxylic acids is 1. The summed E-state index contributed by atoms with van der Waals surface area (Å²) in [5.74, 6) is -1.04. The zero-order chi connectivity index (χ0) is 13.8. The van der Waals surface area contributed by atoms with Crippen LogP contribution in [0.4, 0.5) is 4.79 Å². The van der Waals surface area contributed by atoms with E-state index in [-0.39, 0.29) is 17.8 Å². The predicted molar refractivity (Wildman–Crippen MR) is 71.4 cm³/mol. The van der Waals surface area contributed by atoms with Gasteiger partial charge in [-0.25, -0.2) is 14.6 Å². The van der Waals surface area contributed by atoms with E-state index in [9.17, 15) is 9.59 Å². The van der Waals surface area contributed by atoms with Crippen LogP contribution in [-0.2, 0) is 0 Å². The van der Waals surface area contributed by atoms with Gasteiger partial charge in [0.15, 0.2) is 5.69 Å². The number of amides is 2. The molecule has 2 rings (SSSR count). The first-order chi connectivity index (χ1) is 9.08. The van der Waals surface area contributed by atoms with Crippen molar-refractivity contribution in [1.82, 2.24) is 15.2 Å². The fourth-order valence-corrected chi connectivity index (χ4v) is 2.82. The van der Waals surface area contributed by atoms with Crippen molar-refractivity contribution in [2.75, 3.05) is 13.1 Å². The van der Waals surface area contributed by atoms with Crippen LogP contribution in [0, 0.1) is 0 Å². The van der Waals surface area contributed by atoms with Gasteiger partial charge in [-0.1, -0.05) is 0 Å². The molecule has 2 heterocycles. The summed E-state index contributed by atoms with van der Waals surface area (Å²) >= 11 is 1.25. The minimum Gasteiger partial charge on any atom is -0.476 e. The summed E-state index contributed by atoms with van der Waals surface area (Å²) < 4.78 is 0. The lowest BCUT2D eigenvalue weighted by atomic mass is 10.1. The predicted octanol–water partition coefficient (Wildman–Crippen LogP) is 2.10. The average molecular weight is 283 g/mol. The Morgan fingerprint density at radius 1 is 1.42 bits per heavy atom. The van der Waals surface area contributed by atoms with Crippen molar-refractivity contribution in [3.8, 4) is 0 Å². The number of hydrogen-bond donors (Lipinski definition) is 2. The van der Waals surface area contributed by atoms with Crippen molar-refractivity contribution < 1.29 is 14.7 Å². The van der Waals surface area contributed by atoms with Gasteiger partial charge in [0.1, 0.15) is 5.01 Å². The zero-order valence-electron chi connectivity index (χ0n) is 10.8. The second-order valence-corrected chi connectivity index (χ2v) is 5.48. The van der Waals surface area contributed by atoms with E-state index in [1.54, 1.807) is 4.90 Å². The van der Waals surface area contributed by atoms with Gasteiger partial charge >= 0.3 is 12.0 Å². The molecule has 0 aliphatic carbocycles. The Kier molecular flexibility index (Phi) is 4.36. The number of likely N-dealkylation sites (tertiary alicyclic amines) is 1. The molecule has 2 amide bonds. The molecule has 1 atom stereocenters. The number of nitrogens with zero attached hydrogens (tertiary/aromatic N) is 2. The van der Waals surface area contributed by atoms with E-state index in [0.717, 1.165) is 25.9 Å². The highest BCUT2D eigenvalue weighted by atomic mass is 32.1. The Morgan fingerprint density at radius 3 is 2.68 bits per heavy atom. The smallest absolute Gasteiger partial charge is 0.355 e. The molecule has 1 saturated heterocycles. The molecule has 0 saturated carbocycles. The molecule has 1 aromatic heterocycles. The zero-order valence-corrected chi connectivity index (χ0v) is 11.6. The molecule has 104 valence electrons. The third-order valence-corrected chi connectivity index (χ3v) is 4.12. The molecule has 1 aromatic rings. The number of carbonyl (C=O) groups is 2. The summed E-state index contributed by atoms with van der Waals surface area (Å²) in [5.41, 5.74) is 0.0269. The van der Waals surface area contributed by atoms with E-state index in [1.807, 2.05) is 6.92 Å². The number of hydrogen-bond acceptors (Lipinski definition) is 4. The van der Waals surface area contributed by atoms with Crippen LogP contribution in [0.2, 0.25) is 0 Å². The van der Waals surface area contributed by atoms with Gasteiger partial charge < -0.3 is 15.3 Å². The second-order valence-electron chi connectivity index (χ2n) is 4.60. The van der Waals surface area contributed by atoms with E-state index in [1.165, 1.54) is 23.1 Å². The molecule has 1 aliphatic heterocycles. The first kappa shape index (κ1) is 13.8. The minimum atomic E-state index is -1.04. The number of thiazole rings is 1. The summed E-state index contributed by atoms with van der Waals surface area (Å²) in [7, 11) is 0. The molecule has 0 spiro atoms. The van der Waals surface area contributed by atoms with Crippen molar-refractivity contribution in [3.63, 3.8) is 0 Å². The van der Waals surface area contributed by atoms with E-state index in [0.29, 0.717) is 5.01 Å². The quantitative estimate of drug-likeness (QED) is 0.890. The monoisotopic (exact) mass is 283 g/mol. The van der Waals surface area contributed by atoms with Gasteiger partial charge in [-0.15, -0.1) is 11.3 Å². The van der Waals surface area contributed by atoms with E-state index < -0.39 is 5.97 Å². The number of carboxylic acids is 1. The van der Waals surface area contributed by atoms with Crippen molar-refractivity contribution in [2.24, 2.45) is 0 Å². The van der Waals surface area contributed by atoms with Crippen LogP contribution in [0.1, 0.15) is 47.7 Å². The first-order valence-corrected chi connectivity index (χ1v) is 7.20. The number of rotatable bonds is 3. The van der Waals surface area contributed by atoms with Crippen molar-refractivity contribution >= 4 is 23.3 Å². The van der Waals surface area contributed by atoms with Gasteiger partial charge in [0.25, 0.3) is 0 Å². The largest absolute Gasteiger partial charge is 0.476 e. The Balaban J connectivity index is 1.93. The first-order valence-electron chi connectivity index (χ1n) is 6.32. The van der Waals surface area contributed by atoms with Crippen molar-refractivity contribution in [1.29, 1.82) is 0 Å². The number of urea groups is 1. The minimum absolute atomic E-state index is 0.0269. The van der Waals surface area contributed by atoms with E-state index in [2.05, 4.69) is 10.3 Å². The van der Waals surface area contributed by atoms with Crippen LogP contribution in [-0.4, -0.2) is 40.1 Å². The summed E-state index contributed by atoms with van der Waals surface area (Å²) in [6.45, 7) is 3.39. The van der Waals surface area contributed by atoms with Gasteiger partial charge in [0.05, 0.1) is 6.04 Å². The Hall–Kier alpha value is -1.63. The molecule has 19 heavy (non-hydrogen) atoms. The maximum Gasteiger partial charge on any atom is 0.355 e. The molecule has 1 unspecified atom stereocenters. The standard InChI is InChI=1S/C12H17N3O3S/c1-8(10-14-9(7-19-10)11(16)17)13-12(18)15-5-3-2-4-6-15/h7-8H,2-6H2,1H3,(H,13,18)(H,16,17). The molecule has 0 bridgehead atoms. The maximum absolute atomic E-state index is 12.0. The molecule has 7 heteroatoms. The molecule has 0 aromatic carbocycles. The fraction of sp³-hybridized carbons (Fsp3) is 0.583. The second kappa shape index (κ2) is 6.01. The van der Waals surface area contributed by atoms with Crippen LogP contribution in [0.5, 0.6) is 0 Å². The van der Waals surface area contributed by atoms with Gasteiger partial charge in [-0.05, 0) is 26.2 Å². The molecule has 0 radical (unpaired) electrons. The normalized spacial score (nSPS) is 17.0. The SMILES string of the molecule is CC(NC(=O)N1CCCCC1)c1nc(C(=O)O)cs1. The third kappa shape index (κ3) is 3.44. The van der Waals surface area contributed by atoms with E-state index in [4.69, 9.17) is 5.11 Å². The van der Waals surface area contributed by atoms with E-state index >= 15 is 0 Å². The van der Waals surface area contributed by atoms with Crippen LogP contribution < -0.4 is 5.32 Å². The topological polar surface area (TPSA) is 82.5 Å². The Labute approximate surface area is 115 Å². The molecular formula is C12H17N3O3S. The summed E-state index contributed by atoms with van der Waals surface area (Å²) in [6, 6.07) is -0.369. The van der Waals surface area contributed by atoms with Crippen molar-refractivity contribution in [3.05, 3.63) is 16.1 Å². The highest BCUT2D eigenvalue weighted by Gasteiger charge is 2.20. The molecule has 1 fully saturated rings. The number of aromatic nitrogens is 1. The Morgan fingerprint density at radius 2 is 2.11 bits per heavy atom. The molecular weight excluding hydrogens is 266 g/mol. The lowest BCUT2D eigenvalue weighted by Crippen LogP contribution is -2.43. The van der Waals surface area contributed by atoms with Gasteiger partial charge in [0, 0.05) is 18.5 Å². The van der Waals surface area contributed by atoms with Gasteiger partial charge in [0.2, 0.25) is 0 Å². The van der Waals surface area contributed by atoms with Gasteiger partial charge in [-0.2, -0.15) is 0 Å². The highest BCUT2D eigenvalue weighted by molar-refractivity contribution is 7.09. The average Bonchev–Trinajstić information content (AvgIpc) is 2.89. The van der Waals surface area contributed by atoms with Crippen LogP contribution >= 0.6 is 11.3 Å². The van der Waals surface area contributed by atoms with Gasteiger partial charge in [-0.3, -0.25) is 0 Å². The van der Waals surface area contributed by atoms with Crippen LogP contribution in [0.15, 0.2) is 5.38 Å². The fourth-order valence-electron chi connectivity index (χ4n) is 2.02. The summed E-state index contributed by atoms with van der Waals surface area (Å²) in [6.07, 6.45) is 3.26. The molecule has 2 N–H and O–H groups in total. The number of piperidine rings is 1.